The number of hydrogen-bond donors (Lipinski definition) is 0. The lowest BCUT2D eigenvalue weighted by Crippen LogP contribution is -2.17. The Hall–Kier alpha value is -4.49. The lowest BCUT2D eigenvalue weighted by Gasteiger charge is -2.24. The van der Waals surface area contributed by atoms with Gasteiger partial charge in [-0.25, -0.2) is 9.54 Å². The first-order chi connectivity index (χ1) is 21.6. The molecule has 0 aromatic heterocycles. The van der Waals surface area contributed by atoms with Crippen LogP contribution in [0.4, 0.5) is 0 Å². The molecule has 0 heterocycles. The maximum atomic E-state index is 13.6. The van der Waals surface area contributed by atoms with Gasteiger partial charge in [0.25, 0.3) is 0 Å². The standard InChI is InChI=1S/C38H35NO3P2/c1-3-42-38(40)37(30-31-24-26-32(41-2)27-25-31)39-44(35-20-12-6-13-21-35,36-22-14-7-15-23-36)29-28-43(33-16-8-4-9-17-33)34-18-10-5-11-19-34/h4-30H,3H2,1-2H3/b29-28?,37-30-. The van der Waals surface area contributed by atoms with Crippen molar-refractivity contribution in [1.29, 1.82) is 0 Å². The molecule has 0 amide bonds. The Kier molecular flexibility index (Phi) is 10.8. The minimum Gasteiger partial charge on any atom is -0.497 e. The van der Waals surface area contributed by atoms with Crippen LogP contribution in [-0.4, -0.2) is 19.7 Å². The number of nitrogens with zero attached hydrogens (tertiary/aromatic N) is 1. The third kappa shape index (κ3) is 7.53. The molecule has 5 aromatic rings. The molecule has 220 valence electrons. The number of benzene rings is 5. The van der Waals surface area contributed by atoms with E-state index < -0.39 is 20.9 Å². The summed E-state index contributed by atoms with van der Waals surface area (Å²) in [6, 6.07) is 49.3. The smallest absolute Gasteiger partial charge is 0.356 e. The van der Waals surface area contributed by atoms with E-state index in [1.165, 1.54) is 10.6 Å². The predicted octanol–water partition coefficient (Wildman–Crippen LogP) is 8.06. The largest absolute Gasteiger partial charge is 0.497 e. The van der Waals surface area contributed by atoms with Crippen molar-refractivity contribution < 1.29 is 14.3 Å². The minimum atomic E-state index is -2.71. The average Bonchev–Trinajstić information content (AvgIpc) is 3.09. The van der Waals surface area contributed by atoms with Crippen LogP contribution in [0.5, 0.6) is 5.75 Å². The van der Waals surface area contributed by atoms with Crippen LogP contribution in [0.1, 0.15) is 12.5 Å². The van der Waals surface area contributed by atoms with E-state index >= 15 is 0 Å². The molecule has 4 nitrogen and oxygen atoms in total. The Labute approximate surface area is 261 Å². The fraction of sp³-hybridized carbons (Fsp3) is 0.0789. The molecule has 0 aliphatic heterocycles. The predicted molar refractivity (Wildman–Crippen MR) is 187 cm³/mol. The first kappa shape index (κ1) is 31.0. The van der Waals surface area contributed by atoms with E-state index in [9.17, 15) is 4.79 Å². The molecule has 0 unspecified atom stereocenters. The van der Waals surface area contributed by atoms with Crippen molar-refractivity contribution in [3.05, 3.63) is 168 Å². The summed E-state index contributed by atoms with van der Waals surface area (Å²) in [7, 11) is -1.94. The molecule has 0 saturated heterocycles. The van der Waals surface area contributed by atoms with Gasteiger partial charge in [0.2, 0.25) is 0 Å². The second kappa shape index (κ2) is 15.3. The Morgan fingerprint density at radius 3 is 1.64 bits per heavy atom. The maximum Gasteiger partial charge on any atom is 0.356 e. The number of rotatable bonds is 11. The lowest BCUT2D eigenvalue weighted by molar-refractivity contribution is -0.138. The fourth-order valence-electron chi connectivity index (χ4n) is 4.80. The van der Waals surface area contributed by atoms with Crippen molar-refractivity contribution in [1.82, 2.24) is 0 Å². The van der Waals surface area contributed by atoms with E-state index in [1.54, 1.807) is 7.11 Å². The Morgan fingerprint density at radius 2 is 1.18 bits per heavy atom. The summed E-state index contributed by atoms with van der Waals surface area (Å²) in [5.41, 5.74) is 1.10. The number of carbonyl (C=O) groups excluding carboxylic acids is 1. The Bertz CT molecular complexity index is 1670. The average molecular weight is 616 g/mol. The second-order valence-electron chi connectivity index (χ2n) is 9.82. The van der Waals surface area contributed by atoms with E-state index in [-0.39, 0.29) is 12.3 Å². The maximum absolute atomic E-state index is 13.6. The molecule has 6 heteroatoms. The molecule has 44 heavy (non-hydrogen) atoms. The number of carbonyl (C=O) groups is 1. The van der Waals surface area contributed by atoms with Crippen LogP contribution in [0.2, 0.25) is 0 Å². The van der Waals surface area contributed by atoms with Gasteiger partial charge in [-0.15, -0.1) is 0 Å². The molecule has 0 spiro atoms. The quantitative estimate of drug-likeness (QED) is 0.0858. The van der Waals surface area contributed by atoms with Gasteiger partial charge in [-0.1, -0.05) is 133 Å². The van der Waals surface area contributed by atoms with Gasteiger partial charge in [0.1, 0.15) is 11.4 Å². The summed E-state index contributed by atoms with van der Waals surface area (Å²) in [5.74, 6) is 4.87. The van der Waals surface area contributed by atoms with Crippen molar-refractivity contribution in [3.63, 3.8) is 0 Å². The first-order valence-corrected chi connectivity index (χ1v) is 17.7. The van der Waals surface area contributed by atoms with E-state index in [0.717, 1.165) is 21.9 Å². The molecule has 0 aliphatic carbocycles. The van der Waals surface area contributed by atoms with Gasteiger partial charge >= 0.3 is 5.97 Å². The monoisotopic (exact) mass is 615 g/mol. The van der Waals surface area contributed by atoms with Crippen LogP contribution >= 0.6 is 15.0 Å². The third-order valence-electron chi connectivity index (χ3n) is 6.97. The van der Waals surface area contributed by atoms with Gasteiger partial charge in [-0.05, 0) is 60.9 Å². The van der Waals surface area contributed by atoms with Crippen molar-refractivity contribution >= 4 is 48.2 Å². The highest BCUT2D eigenvalue weighted by Crippen LogP contribution is 2.53. The summed E-state index contributed by atoms with van der Waals surface area (Å²) in [5, 5.41) is 4.57. The van der Waals surface area contributed by atoms with Crippen molar-refractivity contribution in [2.24, 2.45) is 4.74 Å². The van der Waals surface area contributed by atoms with Gasteiger partial charge < -0.3 is 9.47 Å². The van der Waals surface area contributed by atoms with E-state index in [0.29, 0.717) is 0 Å². The Balaban J connectivity index is 1.80. The lowest BCUT2D eigenvalue weighted by atomic mass is 10.2. The zero-order valence-electron chi connectivity index (χ0n) is 24.9. The van der Waals surface area contributed by atoms with Crippen LogP contribution < -0.4 is 26.0 Å². The molecule has 5 rings (SSSR count). The molecule has 0 saturated carbocycles. The molecule has 0 atom stereocenters. The molecular formula is C38H35NO3P2. The van der Waals surface area contributed by atoms with Crippen molar-refractivity contribution in [2.75, 3.05) is 13.7 Å². The van der Waals surface area contributed by atoms with E-state index in [4.69, 9.17) is 14.2 Å². The number of methoxy groups -OCH3 is 1. The van der Waals surface area contributed by atoms with Gasteiger partial charge in [0, 0.05) is 10.6 Å². The van der Waals surface area contributed by atoms with Gasteiger partial charge in [-0.2, -0.15) is 0 Å². The van der Waals surface area contributed by atoms with E-state index in [1.807, 2.05) is 85.8 Å². The summed E-state index contributed by atoms with van der Waals surface area (Å²) >= 11 is 0. The molecule has 0 N–H and O–H groups in total. The van der Waals surface area contributed by atoms with Crippen molar-refractivity contribution in [2.45, 2.75) is 6.92 Å². The number of esters is 1. The topological polar surface area (TPSA) is 47.9 Å². The highest BCUT2D eigenvalue weighted by molar-refractivity contribution is 7.84. The molecular weight excluding hydrogens is 580 g/mol. The molecule has 0 radical (unpaired) electrons. The molecule has 0 aliphatic rings. The highest BCUT2D eigenvalue weighted by atomic mass is 31.2. The highest BCUT2D eigenvalue weighted by Gasteiger charge is 2.26. The fourth-order valence-corrected chi connectivity index (χ4v) is 10.4. The van der Waals surface area contributed by atoms with Crippen LogP contribution in [0, 0.1) is 0 Å². The summed E-state index contributed by atoms with van der Waals surface area (Å²) in [6.45, 7) is 2.06. The van der Waals surface area contributed by atoms with Gasteiger partial charge in [0.15, 0.2) is 0 Å². The molecule has 0 fully saturated rings. The SMILES string of the molecule is CCOC(=O)/C(=C/c1ccc(OC)cc1)N=P(C=CP(c1ccccc1)c1ccccc1)(c1ccccc1)c1ccccc1. The molecule has 5 aromatic carbocycles. The minimum absolute atomic E-state index is 0.250. The zero-order chi connectivity index (χ0) is 30.6. The van der Waals surface area contributed by atoms with Gasteiger partial charge in [-0.3, -0.25) is 0 Å². The van der Waals surface area contributed by atoms with Crippen LogP contribution in [0.3, 0.4) is 0 Å². The summed E-state index contributed by atoms with van der Waals surface area (Å²) < 4.78 is 16.4. The molecule has 0 bridgehead atoms. The van der Waals surface area contributed by atoms with Crippen LogP contribution in [0.15, 0.2) is 168 Å². The normalized spacial score (nSPS) is 11.8. The van der Waals surface area contributed by atoms with Crippen LogP contribution in [-0.2, 0) is 9.53 Å². The zero-order valence-corrected chi connectivity index (χ0v) is 26.7. The van der Waals surface area contributed by atoms with Crippen molar-refractivity contribution in [3.8, 4) is 5.75 Å². The Morgan fingerprint density at radius 1 is 0.705 bits per heavy atom. The summed E-state index contributed by atoms with van der Waals surface area (Å²) in [4.78, 5) is 13.6. The van der Waals surface area contributed by atoms with E-state index in [2.05, 4.69) is 84.4 Å². The third-order valence-corrected chi connectivity index (χ3v) is 12.6. The number of hydrogen-bond acceptors (Lipinski definition) is 4. The first-order valence-electron chi connectivity index (χ1n) is 14.5. The summed E-state index contributed by atoms with van der Waals surface area (Å²) in [6.07, 6.45) is 1.81. The van der Waals surface area contributed by atoms with Gasteiger partial charge in [0.05, 0.1) is 20.8 Å². The number of ether oxygens (including phenoxy) is 2. The van der Waals surface area contributed by atoms with Crippen LogP contribution in [0.25, 0.3) is 6.08 Å². The second-order valence-corrected chi connectivity index (χ2v) is 14.8.